The van der Waals surface area contributed by atoms with E-state index in [4.69, 9.17) is 23.2 Å². The van der Waals surface area contributed by atoms with Crippen LogP contribution in [0.2, 0.25) is 10.2 Å². The Morgan fingerprint density at radius 2 is 1.73 bits per heavy atom. The van der Waals surface area contributed by atoms with Crippen molar-refractivity contribution in [2.24, 2.45) is 7.05 Å². The fourth-order valence-electron chi connectivity index (χ4n) is 2.01. The number of pyridine rings is 2. The first-order valence-electron chi connectivity index (χ1n) is 6.00. The summed E-state index contributed by atoms with van der Waals surface area (Å²) in [5, 5.41) is 0.495. The summed E-state index contributed by atoms with van der Waals surface area (Å²) < 4.78 is 39.7. The highest BCUT2D eigenvalue weighted by Gasteiger charge is 2.33. The van der Waals surface area contributed by atoms with E-state index in [0.29, 0.717) is 10.5 Å². The second kappa shape index (κ2) is 5.10. The van der Waals surface area contributed by atoms with Gasteiger partial charge in [0.05, 0.1) is 5.02 Å². The van der Waals surface area contributed by atoms with Gasteiger partial charge < -0.3 is 4.57 Å². The van der Waals surface area contributed by atoms with Crippen molar-refractivity contribution < 1.29 is 13.2 Å². The molecule has 3 aromatic rings. The minimum absolute atomic E-state index is 0.0858. The molecule has 0 aromatic carbocycles. The first kappa shape index (κ1) is 15.1. The molecular weight excluding hydrogens is 340 g/mol. The highest BCUT2D eigenvalue weighted by Crippen LogP contribution is 2.32. The molecule has 4 nitrogen and oxygen atoms in total. The van der Waals surface area contributed by atoms with Crippen LogP contribution in [0.3, 0.4) is 0 Å². The highest BCUT2D eigenvalue weighted by molar-refractivity contribution is 6.34. The van der Waals surface area contributed by atoms with Gasteiger partial charge in [-0.05, 0) is 24.3 Å². The van der Waals surface area contributed by atoms with Crippen molar-refractivity contribution in [3.05, 3.63) is 40.1 Å². The molecule has 0 radical (unpaired) electrons. The lowest BCUT2D eigenvalue weighted by molar-refractivity contribution is -0.141. The summed E-state index contributed by atoms with van der Waals surface area (Å²) in [5.74, 6) is 0.286. The predicted octanol–water partition coefficient (Wildman–Crippen LogP) is 4.36. The van der Waals surface area contributed by atoms with Crippen LogP contribution in [0, 0.1) is 0 Å². The second-order valence-corrected chi connectivity index (χ2v) is 5.29. The van der Waals surface area contributed by atoms with Crippen LogP contribution in [0.15, 0.2) is 24.3 Å². The maximum Gasteiger partial charge on any atom is 0.433 e. The summed E-state index contributed by atoms with van der Waals surface area (Å²) in [5.41, 5.74) is -0.311. The standard InChI is InChI=1S/C13H7Cl2F3N4/c1-22-11-7(3-4-8(20-11)13(16,17)18)19-12(22)10-6(14)2-5-9(15)21-10/h2-5H,1H3. The van der Waals surface area contributed by atoms with Gasteiger partial charge in [0.25, 0.3) is 0 Å². The van der Waals surface area contributed by atoms with E-state index in [-0.39, 0.29) is 22.3 Å². The number of aryl methyl sites for hydroxylation is 1. The van der Waals surface area contributed by atoms with Crippen LogP contribution in [0.5, 0.6) is 0 Å². The normalized spacial score (nSPS) is 12.1. The number of imidazole rings is 1. The smallest absolute Gasteiger partial charge is 0.310 e. The van der Waals surface area contributed by atoms with E-state index in [1.165, 1.54) is 23.7 Å². The van der Waals surface area contributed by atoms with Gasteiger partial charge in [0.15, 0.2) is 11.5 Å². The van der Waals surface area contributed by atoms with Gasteiger partial charge in [0, 0.05) is 7.05 Å². The Kier molecular flexibility index (Phi) is 3.49. The number of nitrogens with zero attached hydrogens (tertiary/aromatic N) is 4. The molecule has 0 aliphatic carbocycles. The van der Waals surface area contributed by atoms with Gasteiger partial charge in [0.1, 0.15) is 22.1 Å². The third-order valence-corrected chi connectivity index (χ3v) is 3.55. The molecule has 3 rings (SSSR count). The van der Waals surface area contributed by atoms with E-state index in [9.17, 15) is 13.2 Å². The lowest BCUT2D eigenvalue weighted by Crippen LogP contribution is -2.08. The Bertz CT molecular complexity index is 874. The number of hydrogen-bond acceptors (Lipinski definition) is 3. The molecule has 0 N–H and O–H groups in total. The number of hydrogen-bond donors (Lipinski definition) is 0. The minimum atomic E-state index is -4.52. The van der Waals surface area contributed by atoms with Gasteiger partial charge in [-0.1, -0.05) is 23.2 Å². The Balaban J connectivity index is 2.24. The number of fused-ring (bicyclic) bond motifs is 1. The summed E-state index contributed by atoms with van der Waals surface area (Å²) >= 11 is 11.9. The van der Waals surface area contributed by atoms with Crippen LogP contribution < -0.4 is 0 Å². The average molecular weight is 347 g/mol. The second-order valence-electron chi connectivity index (χ2n) is 4.50. The van der Waals surface area contributed by atoms with Gasteiger partial charge in [-0.25, -0.2) is 15.0 Å². The van der Waals surface area contributed by atoms with Crippen molar-refractivity contribution >= 4 is 34.4 Å². The largest absolute Gasteiger partial charge is 0.433 e. The lowest BCUT2D eigenvalue weighted by Gasteiger charge is -2.06. The summed E-state index contributed by atoms with van der Waals surface area (Å²) in [4.78, 5) is 11.9. The molecule has 9 heteroatoms. The van der Waals surface area contributed by atoms with Crippen molar-refractivity contribution in [2.45, 2.75) is 6.18 Å². The first-order valence-corrected chi connectivity index (χ1v) is 6.76. The summed E-state index contributed by atoms with van der Waals surface area (Å²) in [6.45, 7) is 0. The molecule has 0 bridgehead atoms. The zero-order valence-electron chi connectivity index (χ0n) is 11.0. The number of aromatic nitrogens is 4. The number of rotatable bonds is 1. The zero-order chi connectivity index (χ0) is 16.1. The van der Waals surface area contributed by atoms with Crippen molar-refractivity contribution in [2.75, 3.05) is 0 Å². The molecule has 114 valence electrons. The number of alkyl halides is 3. The molecule has 3 heterocycles. The molecule has 0 amide bonds. The highest BCUT2D eigenvalue weighted by atomic mass is 35.5. The molecule has 0 aliphatic rings. The van der Waals surface area contributed by atoms with Gasteiger partial charge in [-0.15, -0.1) is 0 Å². The first-order chi connectivity index (χ1) is 10.3. The van der Waals surface area contributed by atoms with Crippen LogP contribution in [0.4, 0.5) is 13.2 Å². The van der Waals surface area contributed by atoms with E-state index in [0.717, 1.165) is 6.07 Å². The quantitative estimate of drug-likeness (QED) is 0.615. The Morgan fingerprint density at radius 3 is 2.41 bits per heavy atom. The lowest BCUT2D eigenvalue weighted by atomic mass is 10.3. The maximum absolute atomic E-state index is 12.8. The Hall–Kier alpha value is -1.86. The van der Waals surface area contributed by atoms with Crippen molar-refractivity contribution in [1.29, 1.82) is 0 Å². The van der Waals surface area contributed by atoms with Crippen molar-refractivity contribution in [3.63, 3.8) is 0 Å². The van der Waals surface area contributed by atoms with Gasteiger partial charge in [-0.3, -0.25) is 0 Å². The Morgan fingerprint density at radius 1 is 1.00 bits per heavy atom. The van der Waals surface area contributed by atoms with Crippen LogP contribution in [-0.4, -0.2) is 19.5 Å². The van der Waals surface area contributed by atoms with Crippen molar-refractivity contribution in [3.8, 4) is 11.5 Å². The molecule has 3 aromatic heterocycles. The van der Waals surface area contributed by atoms with Gasteiger partial charge >= 0.3 is 6.18 Å². The summed E-state index contributed by atoms with van der Waals surface area (Å²) in [6, 6.07) is 5.19. The topological polar surface area (TPSA) is 43.6 Å². The maximum atomic E-state index is 12.8. The molecule has 0 fully saturated rings. The zero-order valence-corrected chi connectivity index (χ0v) is 12.5. The monoisotopic (exact) mass is 346 g/mol. The molecule has 0 spiro atoms. The molecule has 0 saturated heterocycles. The molecule has 0 atom stereocenters. The fourth-order valence-corrected chi connectivity index (χ4v) is 2.35. The van der Waals surface area contributed by atoms with E-state index in [1.807, 2.05) is 0 Å². The summed E-state index contributed by atoms with van der Waals surface area (Å²) in [7, 11) is 1.54. The molecule has 22 heavy (non-hydrogen) atoms. The molecule has 0 aliphatic heterocycles. The minimum Gasteiger partial charge on any atom is -0.310 e. The molecule has 0 saturated carbocycles. The Labute approximate surface area is 132 Å². The van der Waals surface area contributed by atoms with Crippen LogP contribution in [-0.2, 0) is 13.2 Å². The van der Waals surface area contributed by atoms with E-state index >= 15 is 0 Å². The SMILES string of the molecule is Cn1c(-c2nc(Cl)ccc2Cl)nc2ccc(C(F)(F)F)nc21. The molecular formula is C13H7Cl2F3N4. The van der Waals surface area contributed by atoms with Gasteiger partial charge in [-0.2, -0.15) is 13.2 Å². The molecule has 0 unspecified atom stereocenters. The fraction of sp³-hybridized carbons (Fsp3) is 0.154. The van der Waals surface area contributed by atoms with Crippen LogP contribution >= 0.6 is 23.2 Å². The summed E-state index contributed by atoms with van der Waals surface area (Å²) in [6.07, 6.45) is -4.52. The van der Waals surface area contributed by atoms with Crippen molar-refractivity contribution in [1.82, 2.24) is 19.5 Å². The van der Waals surface area contributed by atoms with E-state index in [1.54, 1.807) is 6.07 Å². The van der Waals surface area contributed by atoms with Crippen LogP contribution in [0.1, 0.15) is 5.69 Å². The van der Waals surface area contributed by atoms with E-state index < -0.39 is 11.9 Å². The third kappa shape index (κ3) is 2.50. The average Bonchev–Trinajstić information content (AvgIpc) is 2.77. The van der Waals surface area contributed by atoms with Crippen LogP contribution in [0.25, 0.3) is 22.7 Å². The van der Waals surface area contributed by atoms with Gasteiger partial charge in [0.2, 0.25) is 0 Å². The van der Waals surface area contributed by atoms with E-state index in [2.05, 4.69) is 15.0 Å². The number of halogens is 5. The third-order valence-electron chi connectivity index (χ3n) is 3.03. The predicted molar refractivity (Wildman–Crippen MR) is 76.8 cm³/mol.